The third kappa shape index (κ3) is 4.22. The molecule has 0 aliphatic heterocycles. The number of hydrogen-bond donors (Lipinski definition) is 1. The van der Waals surface area contributed by atoms with E-state index in [0.717, 1.165) is 55.6 Å². The summed E-state index contributed by atoms with van der Waals surface area (Å²) in [5.41, 5.74) is 6.82. The summed E-state index contributed by atoms with van der Waals surface area (Å²) >= 11 is 0. The molecule has 6 heteroatoms. The third-order valence-electron chi connectivity index (χ3n) is 7.17. The number of aromatic nitrogens is 3. The van der Waals surface area contributed by atoms with Crippen molar-refractivity contribution in [3.05, 3.63) is 115 Å². The molecule has 3 heterocycles. The minimum absolute atomic E-state index is 0. The number of aromatic hydroxyl groups is 1. The van der Waals surface area contributed by atoms with Gasteiger partial charge in [-0.15, -0.1) is 35.9 Å². The summed E-state index contributed by atoms with van der Waals surface area (Å²) in [6, 6.07) is 34.8. The number of benzene rings is 4. The second kappa shape index (κ2) is 9.76. The van der Waals surface area contributed by atoms with Gasteiger partial charge in [0, 0.05) is 16.3 Å². The zero-order chi connectivity index (χ0) is 26.7. The zero-order valence-electron chi connectivity index (χ0n) is 22.3. The molecular weight excluding hydrogens is 677 g/mol. The van der Waals surface area contributed by atoms with Gasteiger partial charge in [0.15, 0.2) is 12.1 Å². The molecule has 198 valence electrons. The van der Waals surface area contributed by atoms with Crippen LogP contribution in [0.4, 0.5) is 0 Å². The Bertz CT molecular complexity index is 2020. The van der Waals surface area contributed by atoms with Gasteiger partial charge < -0.3 is 14.1 Å². The third-order valence-corrected chi connectivity index (χ3v) is 7.17. The maximum absolute atomic E-state index is 10.9. The molecule has 0 saturated carbocycles. The summed E-state index contributed by atoms with van der Waals surface area (Å²) in [5, 5.41) is 12.9. The van der Waals surface area contributed by atoms with Gasteiger partial charge in [0.05, 0.1) is 16.9 Å². The first-order chi connectivity index (χ1) is 18.9. The maximum Gasteiger partial charge on any atom is 2.00 e. The van der Waals surface area contributed by atoms with Crippen molar-refractivity contribution in [2.75, 3.05) is 0 Å². The molecule has 0 aliphatic carbocycles. The molecule has 1 N–H and O–H groups in total. The average Bonchev–Trinajstić information content (AvgIpc) is 3.51. The predicted molar refractivity (Wildman–Crippen MR) is 153 cm³/mol. The van der Waals surface area contributed by atoms with Gasteiger partial charge in [-0.3, -0.25) is 4.57 Å². The number of nitrogens with zero attached hydrogens (tertiary/aromatic N) is 3. The summed E-state index contributed by atoms with van der Waals surface area (Å²) < 4.78 is 10.1. The zero-order valence-corrected chi connectivity index (χ0v) is 24.5. The quantitative estimate of drug-likeness (QED) is 0.154. The number of furan rings is 1. The number of para-hydroxylation sites is 3. The van der Waals surface area contributed by atoms with E-state index in [-0.39, 0.29) is 32.2 Å². The molecule has 0 aliphatic rings. The number of imidazole rings is 1. The van der Waals surface area contributed by atoms with Gasteiger partial charge in [0.25, 0.3) is 0 Å². The number of hydrogen-bond acceptors (Lipinski definition) is 3. The fraction of sp³-hybridized carbons (Fsp3) is 0.118. The van der Waals surface area contributed by atoms with Crippen molar-refractivity contribution >= 4 is 33.0 Å². The number of phenols is 1. The summed E-state index contributed by atoms with van der Waals surface area (Å²) in [4.78, 5) is 5.10. The normalized spacial score (nSPS) is 11.8. The SMILES string of the molecule is CC(C)(C)c1cc(-c2[c-]cccc2)nc(-[n+]2[c-]n(-c3ccccc3O)c3c4c(ccc32)oc2ccccc24)c1.[Pt+2]. The van der Waals surface area contributed by atoms with E-state index in [2.05, 4.69) is 51.4 Å². The van der Waals surface area contributed by atoms with E-state index in [4.69, 9.17) is 9.40 Å². The molecule has 0 atom stereocenters. The van der Waals surface area contributed by atoms with Gasteiger partial charge in [-0.05, 0) is 35.2 Å². The van der Waals surface area contributed by atoms with E-state index in [1.807, 2.05) is 81.9 Å². The minimum atomic E-state index is -0.105. The van der Waals surface area contributed by atoms with Gasteiger partial charge in [0.1, 0.15) is 16.9 Å². The van der Waals surface area contributed by atoms with Crippen molar-refractivity contribution in [2.24, 2.45) is 0 Å². The van der Waals surface area contributed by atoms with Crippen LogP contribution in [0, 0.1) is 12.4 Å². The first-order valence-corrected chi connectivity index (χ1v) is 13.0. The van der Waals surface area contributed by atoms with E-state index in [0.29, 0.717) is 5.69 Å². The van der Waals surface area contributed by atoms with Crippen LogP contribution in [0.1, 0.15) is 26.3 Å². The van der Waals surface area contributed by atoms with Gasteiger partial charge >= 0.3 is 21.1 Å². The van der Waals surface area contributed by atoms with Gasteiger partial charge in [-0.2, -0.15) is 4.98 Å². The summed E-state index contributed by atoms with van der Waals surface area (Å²) in [5.74, 6) is 0.902. The van der Waals surface area contributed by atoms with Gasteiger partial charge in [-0.25, -0.2) is 0 Å². The topological polar surface area (TPSA) is 55.1 Å². The second-order valence-electron chi connectivity index (χ2n) is 10.8. The molecule has 5 nitrogen and oxygen atoms in total. The molecule has 40 heavy (non-hydrogen) atoms. The standard InChI is InChI=1S/C34H26N3O2.Pt/c1-34(2,3)23-19-25(22-11-5-4-6-12-22)35-31(20-23)36-21-37(26-14-8-9-15-28(26)38)33-27(36)17-18-30-32(33)24-13-7-10-16-29(24)39-30;/h4-11,13-20,38H,1-3H3;/q-1;+2. The van der Waals surface area contributed by atoms with Crippen molar-refractivity contribution in [1.29, 1.82) is 0 Å². The largest absolute Gasteiger partial charge is 2.00 e. The Morgan fingerprint density at radius 2 is 1.65 bits per heavy atom. The number of phenolic OH excluding ortho intramolecular Hbond substituents is 1. The Labute approximate surface area is 246 Å². The van der Waals surface area contributed by atoms with Crippen molar-refractivity contribution in [3.8, 4) is 28.5 Å². The number of rotatable bonds is 3. The molecular formula is C34H26N3O2Pt+. The molecule has 0 radical (unpaired) electrons. The van der Waals surface area contributed by atoms with Crippen LogP contribution >= 0.6 is 0 Å². The van der Waals surface area contributed by atoms with Crippen LogP contribution in [-0.4, -0.2) is 14.7 Å². The fourth-order valence-electron chi connectivity index (χ4n) is 5.15. The van der Waals surface area contributed by atoms with E-state index < -0.39 is 0 Å². The summed E-state index contributed by atoms with van der Waals surface area (Å²) in [6.45, 7) is 6.60. The van der Waals surface area contributed by atoms with Crippen molar-refractivity contribution in [2.45, 2.75) is 26.2 Å². The first-order valence-electron chi connectivity index (χ1n) is 13.0. The molecule has 0 spiro atoms. The van der Waals surface area contributed by atoms with Crippen molar-refractivity contribution < 1.29 is 35.2 Å². The minimum Gasteiger partial charge on any atom is -0.512 e. The van der Waals surface area contributed by atoms with E-state index >= 15 is 0 Å². The Balaban J connectivity index is 0.00000289. The Hall–Kier alpha value is -4.21. The summed E-state index contributed by atoms with van der Waals surface area (Å²) in [6.07, 6.45) is 3.53. The molecule has 4 aromatic carbocycles. The average molecular weight is 704 g/mol. The van der Waals surface area contributed by atoms with Crippen LogP contribution in [0.15, 0.2) is 101 Å². The van der Waals surface area contributed by atoms with Crippen LogP contribution in [0.5, 0.6) is 5.75 Å². The van der Waals surface area contributed by atoms with Crippen LogP contribution in [0.25, 0.3) is 55.7 Å². The van der Waals surface area contributed by atoms with Crippen molar-refractivity contribution in [1.82, 2.24) is 9.55 Å². The Morgan fingerprint density at radius 1 is 0.875 bits per heavy atom. The van der Waals surface area contributed by atoms with E-state index in [1.54, 1.807) is 6.07 Å². The Morgan fingerprint density at radius 3 is 2.42 bits per heavy atom. The van der Waals surface area contributed by atoms with Gasteiger partial charge in [-0.1, -0.05) is 69.3 Å². The smallest absolute Gasteiger partial charge is 0.512 e. The van der Waals surface area contributed by atoms with Gasteiger partial charge in [0.2, 0.25) is 0 Å². The Kier molecular flexibility index (Phi) is 6.35. The van der Waals surface area contributed by atoms with E-state index in [9.17, 15) is 5.11 Å². The molecule has 7 rings (SSSR count). The predicted octanol–water partition coefficient (Wildman–Crippen LogP) is 7.47. The number of fused-ring (bicyclic) bond motifs is 5. The van der Waals surface area contributed by atoms with Crippen LogP contribution in [-0.2, 0) is 26.5 Å². The molecule has 0 amide bonds. The molecule has 3 aromatic heterocycles. The molecule has 0 unspecified atom stereocenters. The molecule has 0 fully saturated rings. The number of pyridine rings is 1. The van der Waals surface area contributed by atoms with Crippen LogP contribution in [0.2, 0.25) is 0 Å². The molecule has 7 aromatic rings. The summed E-state index contributed by atoms with van der Waals surface area (Å²) in [7, 11) is 0. The van der Waals surface area contributed by atoms with E-state index in [1.165, 1.54) is 0 Å². The molecule has 0 saturated heterocycles. The fourth-order valence-corrected chi connectivity index (χ4v) is 5.15. The second-order valence-corrected chi connectivity index (χ2v) is 10.8. The first kappa shape index (κ1) is 26.0. The van der Waals surface area contributed by atoms with Crippen molar-refractivity contribution in [3.63, 3.8) is 0 Å². The van der Waals surface area contributed by atoms with Crippen LogP contribution in [0.3, 0.4) is 0 Å². The van der Waals surface area contributed by atoms with Crippen LogP contribution < -0.4 is 4.57 Å². The monoisotopic (exact) mass is 703 g/mol. The maximum atomic E-state index is 10.9. The molecule has 0 bridgehead atoms.